The lowest BCUT2D eigenvalue weighted by atomic mass is 9.98. The summed E-state index contributed by atoms with van der Waals surface area (Å²) in [6, 6.07) is 0. The number of nitrogens with one attached hydrogen (secondary N) is 1. The van der Waals surface area contributed by atoms with Crippen molar-refractivity contribution in [3.05, 3.63) is 0 Å². The Morgan fingerprint density at radius 1 is 1.44 bits per heavy atom. The van der Waals surface area contributed by atoms with Crippen molar-refractivity contribution < 1.29 is 19.4 Å². The van der Waals surface area contributed by atoms with E-state index in [1.165, 1.54) is 7.11 Å². The smallest absolute Gasteiger partial charge is 0.303 e. The molecule has 0 spiro atoms. The van der Waals surface area contributed by atoms with E-state index in [4.69, 9.17) is 9.84 Å². The van der Waals surface area contributed by atoms with Gasteiger partial charge in [-0.05, 0) is 26.7 Å². The monoisotopic (exact) mass is 231 g/mol. The number of hydrogen-bond donors (Lipinski definition) is 2. The van der Waals surface area contributed by atoms with E-state index in [0.717, 1.165) is 0 Å². The topological polar surface area (TPSA) is 75.6 Å². The number of methoxy groups -OCH3 is 1. The van der Waals surface area contributed by atoms with E-state index in [2.05, 4.69) is 5.32 Å². The van der Waals surface area contributed by atoms with Crippen molar-refractivity contribution in [3.8, 4) is 0 Å². The van der Waals surface area contributed by atoms with Gasteiger partial charge in [0.2, 0.25) is 5.91 Å². The van der Waals surface area contributed by atoms with Crippen LogP contribution in [0.3, 0.4) is 0 Å². The second kappa shape index (κ2) is 6.48. The zero-order chi connectivity index (χ0) is 12.8. The van der Waals surface area contributed by atoms with Gasteiger partial charge in [-0.3, -0.25) is 9.59 Å². The average molecular weight is 231 g/mol. The maximum atomic E-state index is 11.7. The molecule has 0 aromatic carbocycles. The van der Waals surface area contributed by atoms with E-state index in [0.29, 0.717) is 12.8 Å². The van der Waals surface area contributed by atoms with Gasteiger partial charge in [0.1, 0.15) is 6.10 Å². The van der Waals surface area contributed by atoms with Crippen molar-refractivity contribution in [3.63, 3.8) is 0 Å². The molecular formula is C11H21NO4. The Hall–Kier alpha value is -1.10. The van der Waals surface area contributed by atoms with E-state index in [9.17, 15) is 9.59 Å². The Balaban J connectivity index is 4.23. The predicted molar refractivity (Wildman–Crippen MR) is 60.2 cm³/mol. The molecule has 0 saturated heterocycles. The highest BCUT2D eigenvalue weighted by Gasteiger charge is 2.25. The first-order valence-corrected chi connectivity index (χ1v) is 5.39. The minimum absolute atomic E-state index is 0.0387. The summed E-state index contributed by atoms with van der Waals surface area (Å²) in [5, 5.41) is 11.4. The molecule has 0 bridgehead atoms. The lowest BCUT2D eigenvalue weighted by Gasteiger charge is -2.27. The highest BCUT2D eigenvalue weighted by Crippen LogP contribution is 2.12. The third-order valence-electron chi connectivity index (χ3n) is 2.37. The number of carbonyl (C=O) groups is 2. The molecule has 0 heterocycles. The predicted octanol–water partition coefficient (Wildman–Crippen LogP) is 1.17. The first-order chi connectivity index (χ1) is 7.32. The maximum Gasteiger partial charge on any atom is 0.303 e. The lowest BCUT2D eigenvalue weighted by Crippen LogP contribution is -2.48. The quantitative estimate of drug-likeness (QED) is 0.689. The summed E-state index contributed by atoms with van der Waals surface area (Å²) in [6.07, 6.45) is 0.562. The molecule has 0 saturated carbocycles. The van der Waals surface area contributed by atoms with Gasteiger partial charge in [-0.2, -0.15) is 0 Å². The Morgan fingerprint density at radius 3 is 2.38 bits per heavy atom. The molecule has 0 aliphatic rings. The van der Waals surface area contributed by atoms with E-state index < -0.39 is 17.6 Å². The Morgan fingerprint density at radius 2 is 2.00 bits per heavy atom. The van der Waals surface area contributed by atoms with Crippen LogP contribution in [0.25, 0.3) is 0 Å². The molecule has 94 valence electrons. The number of carbonyl (C=O) groups excluding carboxylic acids is 1. The molecule has 0 aromatic rings. The first-order valence-electron chi connectivity index (χ1n) is 5.39. The van der Waals surface area contributed by atoms with Crippen molar-refractivity contribution in [1.29, 1.82) is 0 Å². The summed E-state index contributed by atoms with van der Waals surface area (Å²) >= 11 is 0. The van der Waals surface area contributed by atoms with Crippen LogP contribution in [0.5, 0.6) is 0 Å². The van der Waals surface area contributed by atoms with Crippen molar-refractivity contribution in [2.75, 3.05) is 7.11 Å². The third-order valence-corrected chi connectivity index (χ3v) is 2.37. The summed E-state index contributed by atoms with van der Waals surface area (Å²) in [6.45, 7) is 5.46. The molecule has 5 heteroatoms. The molecule has 5 nitrogen and oxygen atoms in total. The normalized spacial score (nSPS) is 13.2. The molecule has 0 rings (SSSR count). The van der Waals surface area contributed by atoms with Gasteiger partial charge in [-0.1, -0.05) is 6.92 Å². The van der Waals surface area contributed by atoms with E-state index in [1.807, 2.05) is 6.92 Å². The highest BCUT2D eigenvalue weighted by atomic mass is 16.5. The van der Waals surface area contributed by atoms with Gasteiger partial charge < -0.3 is 15.2 Å². The van der Waals surface area contributed by atoms with E-state index >= 15 is 0 Å². The molecule has 1 unspecified atom stereocenters. The minimum Gasteiger partial charge on any atom is -0.481 e. The molecule has 1 atom stereocenters. The standard InChI is InChI=1S/C11H21NO4/c1-5-8(16-4)10(15)12-11(2,3)7-6-9(13)14/h8H,5-7H2,1-4H3,(H,12,15)(H,13,14). The maximum absolute atomic E-state index is 11.7. The summed E-state index contributed by atoms with van der Waals surface area (Å²) < 4.78 is 5.00. The molecular weight excluding hydrogens is 210 g/mol. The summed E-state index contributed by atoms with van der Waals surface area (Å²) in [7, 11) is 1.48. The Kier molecular flexibility index (Phi) is 6.03. The van der Waals surface area contributed by atoms with Crippen LogP contribution >= 0.6 is 0 Å². The molecule has 2 N–H and O–H groups in total. The number of aliphatic carboxylic acids is 1. The Labute approximate surface area is 96.2 Å². The average Bonchev–Trinajstić information content (AvgIpc) is 2.16. The minimum atomic E-state index is -0.860. The second-order valence-corrected chi connectivity index (χ2v) is 4.40. The van der Waals surface area contributed by atoms with Crippen LogP contribution in [0.2, 0.25) is 0 Å². The van der Waals surface area contributed by atoms with Crippen molar-refractivity contribution in [2.45, 2.75) is 51.7 Å². The second-order valence-electron chi connectivity index (χ2n) is 4.40. The van der Waals surface area contributed by atoms with Gasteiger partial charge in [0.15, 0.2) is 0 Å². The van der Waals surface area contributed by atoms with Gasteiger partial charge in [0.05, 0.1) is 0 Å². The van der Waals surface area contributed by atoms with Crippen molar-refractivity contribution >= 4 is 11.9 Å². The number of ether oxygens (including phenoxy) is 1. The van der Waals surface area contributed by atoms with Gasteiger partial charge in [-0.25, -0.2) is 0 Å². The van der Waals surface area contributed by atoms with Crippen LogP contribution in [-0.4, -0.2) is 35.7 Å². The number of hydrogen-bond acceptors (Lipinski definition) is 3. The largest absolute Gasteiger partial charge is 0.481 e. The van der Waals surface area contributed by atoms with Gasteiger partial charge in [-0.15, -0.1) is 0 Å². The van der Waals surface area contributed by atoms with Crippen molar-refractivity contribution in [1.82, 2.24) is 5.32 Å². The fourth-order valence-electron chi connectivity index (χ4n) is 1.36. The fourth-order valence-corrected chi connectivity index (χ4v) is 1.36. The summed E-state index contributed by atoms with van der Waals surface area (Å²) in [5.41, 5.74) is -0.526. The van der Waals surface area contributed by atoms with Crippen LogP contribution in [-0.2, 0) is 14.3 Å². The fraction of sp³-hybridized carbons (Fsp3) is 0.818. The number of carboxylic acids is 1. The zero-order valence-corrected chi connectivity index (χ0v) is 10.4. The molecule has 1 amide bonds. The molecule has 0 radical (unpaired) electrons. The first kappa shape index (κ1) is 14.9. The zero-order valence-electron chi connectivity index (χ0n) is 10.4. The summed E-state index contributed by atoms with van der Waals surface area (Å²) in [5.74, 6) is -1.05. The van der Waals surface area contributed by atoms with Gasteiger partial charge >= 0.3 is 5.97 Å². The summed E-state index contributed by atoms with van der Waals surface area (Å²) in [4.78, 5) is 22.1. The van der Waals surface area contributed by atoms with Crippen LogP contribution in [0.1, 0.15) is 40.0 Å². The van der Waals surface area contributed by atoms with Gasteiger partial charge in [0.25, 0.3) is 0 Å². The van der Waals surface area contributed by atoms with E-state index in [-0.39, 0.29) is 12.3 Å². The van der Waals surface area contributed by atoms with Crippen LogP contribution in [0, 0.1) is 0 Å². The molecule has 0 fully saturated rings. The number of rotatable bonds is 7. The molecule has 0 aliphatic heterocycles. The molecule has 16 heavy (non-hydrogen) atoms. The SMILES string of the molecule is CCC(OC)C(=O)NC(C)(C)CCC(=O)O. The molecule has 0 aromatic heterocycles. The number of amides is 1. The highest BCUT2D eigenvalue weighted by molar-refractivity contribution is 5.81. The van der Waals surface area contributed by atoms with Crippen LogP contribution < -0.4 is 5.32 Å². The van der Waals surface area contributed by atoms with Gasteiger partial charge in [0, 0.05) is 19.1 Å². The Bertz CT molecular complexity index is 246. The molecule has 0 aliphatic carbocycles. The van der Waals surface area contributed by atoms with Crippen LogP contribution in [0.15, 0.2) is 0 Å². The van der Waals surface area contributed by atoms with Crippen LogP contribution in [0.4, 0.5) is 0 Å². The lowest BCUT2D eigenvalue weighted by molar-refractivity contribution is -0.138. The van der Waals surface area contributed by atoms with Crippen molar-refractivity contribution in [2.24, 2.45) is 0 Å². The third kappa shape index (κ3) is 5.70. The number of carboxylic acid groups (broad SMARTS) is 1. The van der Waals surface area contributed by atoms with E-state index in [1.54, 1.807) is 13.8 Å².